The molecule has 4 nitrogen and oxygen atoms in total. The maximum Gasteiger partial charge on any atom is 0.0991 e. The standard InChI is InChI=1S/C14H19N3O/c1-14(2)10-16-8-13(18)9-17(14)12-5-3-11(7-15)4-6-12/h3-6,13,16,18H,8-10H2,1-2H3. The first kappa shape index (κ1) is 12.9. The normalized spacial score (nSPS) is 23.2. The van der Waals surface area contributed by atoms with Crippen LogP contribution in [0, 0.1) is 11.3 Å². The first-order valence-electron chi connectivity index (χ1n) is 6.19. The SMILES string of the molecule is CC1(C)CNCC(O)CN1c1ccc(C#N)cc1. The Bertz CT molecular complexity index is 447. The number of β-amino-alcohol motifs (C(OH)–C–C–N with tert-alkyl or cyclic N) is 1. The van der Waals surface area contributed by atoms with Gasteiger partial charge in [-0.2, -0.15) is 5.26 Å². The summed E-state index contributed by atoms with van der Waals surface area (Å²) in [5.41, 5.74) is 1.64. The predicted octanol–water partition coefficient (Wildman–Crippen LogP) is 1.11. The summed E-state index contributed by atoms with van der Waals surface area (Å²) >= 11 is 0. The van der Waals surface area contributed by atoms with E-state index in [2.05, 4.69) is 30.1 Å². The van der Waals surface area contributed by atoms with Crippen molar-refractivity contribution in [2.45, 2.75) is 25.5 Å². The van der Waals surface area contributed by atoms with Crippen LogP contribution in [0.3, 0.4) is 0 Å². The van der Waals surface area contributed by atoms with E-state index >= 15 is 0 Å². The number of aliphatic hydroxyl groups is 1. The van der Waals surface area contributed by atoms with Gasteiger partial charge in [-0.25, -0.2) is 0 Å². The van der Waals surface area contributed by atoms with Gasteiger partial charge in [-0.3, -0.25) is 0 Å². The van der Waals surface area contributed by atoms with Gasteiger partial charge in [0.05, 0.1) is 17.7 Å². The lowest BCUT2D eigenvalue weighted by molar-refractivity contribution is 0.183. The molecule has 0 bridgehead atoms. The minimum atomic E-state index is -0.373. The van der Waals surface area contributed by atoms with Crippen LogP contribution in [-0.2, 0) is 0 Å². The molecule has 1 saturated heterocycles. The van der Waals surface area contributed by atoms with Gasteiger partial charge in [0.2, 0.25) is 0 Å². The molecule has 1 aromatic carbocycles. The second-order valence-corrected chi connectivity index (χ2v) is 5.37. The highest BCUT2D eigenvalue weighted by Crippen LogP contribution is 2.25. The Morgan fingerprint density at radius 3 is 2.67 bits per heavy atom. The topological polar surface area (TPSA) is 59.3 Å². The van der Waals surface area contributed by atoms with Gasteiger partial charge in [0.15, 0.2) is 0 Å². The van der Waals surface area contributed by atoms with Crippen molar-refractivity contribution in [3.8, 4) is 6.07 Å². The first-order chi connectivity index (χ1) is 8.53. The van der Waals surface area contributed by atoms with Gasteiger partial charge >= 0.3 is 0 Å². The lowest BCUT2D eigenvalue weighted by atomic mass is 10.0. The second kappa shape index (κ2) is 4.97. The number of nitrogens with zero attached hydrogens (tertiary/aromatic N) is 2. The molecular formula is C14H19N3O. The van der Waals surface area contributed by atoms with Crippen molar-refractivity contribution in [1.29, 1.82) is 5.26 Å². The zero-order chi connectivity index (χ0) is 13.2. The highest BCUT2D eigenvalue weighted by molar-refractivity contribution is 5.52. The first-order valence-corrected chi connectivity index (χ1v) is 6.19. The summed E-state index contributed by atoms with van der Waals surface area (Å²) in [6.45, 7) is 6.35. The Morgan fingerprint density at radius 1 is 1.39 bits per heavy atom. The zero-order valence-corrected chi connectivity index (χ0v) is 10.8. The van der Waals surface area contributed by atoms with Crippen LogP contribution in [0.25, 0.3) is 0 Å². The zero-order valence-electron chi connectivity index (χ0n) is 10.8. The number of nitrogens with one attached hydrogen (secondary N) is 1. The average molecular weight is 245 g/mol. The van der Waals surface area contributed by atoms with E-state index in [0.717, 1.165) is 12.2 Å². The summed E-state index contributed by atoms with van der Waals surface area (Å²) in [6.07, 6.45) is -0.373. The Labute approximate surface area is 108 Å². The Kier molecular flexibility index (Phi) is 3.55. The lowest BCUT2D eigenvalue weighted by Gasteiger charge is -2.39. The third-order valence-electron chi connectivity index (χ3n) is 3.37. The van der Waals surface area contributed by atoms with E-state index in [1.807, 2.05) is 24.3 Å². The highest BCUT2D eigenvalue weighted by Gasteiger charge is 2.31. The third kappa shape index (κ3) is 2.63. The van der Waals surface area contributed by atoms with Crippen molar-refractivity contribution in [2.75, 3.05) is 24.5 Å². The minimum absolute atomic E-state index is 0.0638. The quantitative estimate of drug-likeness (QED) is 0.778. The monoisotopic (exact) mass is 245 g/mol. The molecule has 0 aromatic heterocycles. The molecule has 1 fully saturated rings. The summed E-state index contributed by atoms with van der Waals surface area (Å²) in [4.78, 5) is 2.19. The molecule has 18 heavy (non-hydrogen) atoms. The van der Waals surface area contributed by atoms with Crippen LogP contribution in [0.2, 0.25) is 0 Å². The number of rotatable bonds is 1. The van der Waals surface area contributed by atoms with Gasteiger partial charge in [0, 0.05) is 30.9 Å². The smallest absolute Gasteiger partial charge is 0.0991 e. The molecule has 1 aromatic rings. The molecule has 0 amide bonds. The molecule has 1 heterocycles. The molecule has 1 aliphatic heterocycles. The van der Waals surface area contributed by atoms with Crippen LogP contribution in [0.4, 0.5) is 5.69 Å². The molecule has 2 N–H and O–H groups in total. The molecule has 4 heteroatoms. The molecule has 0 aliphatic carbocycles. The fourth-order valence-corrected chi connectivity index (χ4v) is 2.33. The molecule has 96 valence electrons. The summed E-state index contributed by atoms with van der Waals surface area (Å²) in [7, 11) is 0. The third-order valence-corrected chi connectivity index (χ3v) is 3.37. The van der Waals surface area contributed by atoms with E-state index in [1.54, 1.807) is 0 Å². The van der Waals surface area contributed by atoms with Gasteiger partial charge in [-0.1, -0.05) is 0 Å². The van der Waals surface area contributed by atoms with Crippen LogP contribution in [0.15, 0.2) is 24.3 Å². The lowest BCUT2D eigenvalue weighted by Crippen LogP contribution is -2.49. The molecule has 0 saturated carbocycles. The van der Waals surface area contributed by atoms with Crippen molar-refractivity contribution in [2.24, 2.45) is 0 Å². The van der Waals surface area contributed by atoms with Crippen LogP contribution < -0.4 is 10.2 Å². The molecule has 0 spiro atoms. The van der Waals surface area contributed by atoms with Crippen LogP contribution >= 0.6 is 0 Å². The van der Waals surface area contributed by atoms with Crippen LogP contribution in [-0.4, -0.2) is 36.4 Å². The maximum atomic E-state index is 9.90. The maximum absolute atomic E-state index is 9.90. The van der Waals surface area contributed by atoms with Gasteiger partial charge in [-0.15, -0.1) is 0 Å². The number of aliphatic hydroxyl groups excluding tert-OH is 1. The van der Waals surface area contributed by atoms with E-state index in [9.17, 15) is 5.11 Å². The number of benzene rings is 1. The van der Waals surface area contributed by atoms with Crippen molar-refractivity contribution in [3.63, 3.8) is 0 Å². The molecule has 1 unspecified atom stereocenters. The Morgan fingerprint density at radius 2 is 2.06 bits per heavy atom. The van der Waals surface area contributed by atoms with Gasteiger partial charge in [0.1, 0.15) is 0 Å². The molecule has 2 rings (SSSR count). The minimum Gasteiger partial charge on any atom is -0.390 e. The van der Waals surface area contributed by atoms with Crippen molar-refractivity contribution in [3.05, 3.63) is 29.8 Å². The predicted molar refractivity (Wildman–Crippen MR) is 71.5 cm³/mol. The number of anilines is 1. The van der Waals surface area contributed by atoms with E-state index in [0.29, 0.717) is 18.7 Å². The van der Waals surface area contributed by atoms with Crippen molar-refractivity contribution >= 4 is 5.69 Å². The van der Waals surface area contributed by atoms with Crippen molar-refractivity contribution in [1.82, 2.24) is 5.32 Å². The molecule has 1 aliphatic rings. The fourth-order valence-electron chi connectivity index (χ4n) is 2.33. The molecule has 0 radical (unpaired) electrons. The molecular weight excluding hydrogens is 226 g/mol. The summed E-state index contributed by atoms with van der Waals surface area (Å²) in [6, 6.07) is 9.64. The van der Waals surface area contributed by atoms with E-state index in [4.69, 9.17) is 5.26 Å². The van der Waals surface area contributed by atoms with Gasteiger partial charge in [-0.05, 0) is 38.1 Å². The van der Waals surface area contributed by atoms with E-state index < -0.39 is 0 Å². The van der Waals surface area contributed by atoms with Crippen LogP contribution in [0.5, 0.6) is 0 Å². The average Bonchev–Trinajstić information content (AvgIpc) is 2.48. The number of hydrogen-bond acceptors (Lipinski definition) is 4. The van der Waals surface area contributed by atoms with Crippen LogP contribution in [0.1, 0.15) is 19.4 Å². The summed E-state index contributed by atoms with van der Waals surface area (Å²) in [5.74, 6) is 0. The second-order valence-electron chi connectivity index (χ2n) is 5.37. The molecule has 1 atom stereocenters. The Balaban J connectivity index is 2.29. The van der Waals surface area contributed by atoms with E-state index in [1.165, 1.54) is 0 Å². The van der Waals surface area contributed by atoms with Crippen molar-refractivity contribution < 1.29 is 5.11 Å². The van der Waals surface area contributed by atoms with Gasteiger partial charge in [0.25, 0.3) is 0 Å². The summed E-state index contributed by atoms with van der Waals surface area (Å²) < 4.78 is 0. The number of hydrogen-bond donors (Lipinski definition) is 2. The highest BCUT2D eigenvalue weighted by atomic mass is 16.3. The van der Waals surface area contributed by atoms with Gasteiger partial charge < -0.3 is 15.3 Å². The number of nitriles is 1. The fraction of sp³-hybridized carbons (Fsp3) is 0.500. The summed E-state index contributed by atoms with van der Waals surface area (Å²) in [5, 5.41) is 22.0. The van der Waals surface area contributed by atoms with E-state index in [-0.39, 0.29) is 11.6 Å². The largest absolute Gasteiger partial charge is 0.390 e. The Hall–Kier alpha value is -1.57.